The Morgan fingerprint density at radius 2 is 2.16 bits per heavy atom. The molecule has 7 heteroatoms. The molecule has 1 aromatic carbocycles. The number of carboxylic acid groups (broad SMARTS) is 1. The lowest BCUT2D eigenvalue weighted by Gasteiger charge is -1.99. The highest BCUT2D eigenvalue weighted by atomic mass is 19.1. The van der Waals surface area contributed by atoms with Gasteiger partial charge in [0.2, 0.25) is 0 Å². The number of aromatic amines is 1. The SMILES string of the molecule is NC(=NO)c1cc(F)c2[nH]c(CCC(=O)O)cc2c1. The van der Waals surface area contributed by atoms with Crippen molar-refractivity contribution >= 4 is 22.7 Å². The summed E-state index contributed by atoms with van der Waals surface area (Å²) in [5.41, 5.74) is 6.56. The number of hydrogen-bond acceptors (Lipinski definition) is 3. The van der Waals surface area contributed by atoms with Crippen LogP contribution in [0.4, 0.5) is 4.39 Å². The van der Waals surface area contributed by atoms with Gasteiger partial charge in [-0.05, 0) is 24.6 Å². The number of carbonyl (C=O) groups is 1. The number of carboxylic acids is 1. The molecule has 1 aromatic heterocycles. The second-order valence-corrected chi connectivity index (χ2v) is 4.10. The Morgan fingerprint density at radius 1 is 1.42 bits per heavy atom. The predicted octanol–water partition coefficient (Wildman–Crippen LogP) is 1.42. The van der Waals surface area contributed by atoms with Crippen molar-refractivity contribution in [3.05, 3.63) is 35.3 Å². The highest BCUT2D eigenvalue weighted by Gasteiger charge is 2.10. The van der Waals surface area contributed by atoms with Gasteiger partial charge in [-0.25, -0.2) is 4.39 Å². The Morgan fingerprint density at radius 3 is 2.79 bits per heavy atom. The summed E-state index contributed by atoms with van der Waals surface area (Å²) < 4.78 is 13.8. The third-order valence-corrected chi connectivity index (χ3v) is 2.75. The van der Waals surface area contributed by atoms with Crippen LogP contribution >= 0.6 is 0 Å². The fraction of sp³-hybridized carbons (Fsp3) is 0.167. The van der Waals surface area contributed by atoms with Crippen molar-refractivity contribution in [1.29, 1.82) is 0 Å². The van der Waals surface area contributed by atoms with E-state index in [0.29, 0.717) is 11.1 Å². The van der Waals surface area contributed by atoms with Crippen LogP contribution in [0.15, 0.2) is 23.4 Å². The van der Waals surface area contributed by atoms with Crippen molar-refractivity contribution in [2.75, 3.05) is 0 Å². The lowest BCUT2D eigenvalue weighted by molar-refractivity contribution is -0.136. The summed E-state index contributed by atoms with van der Waals surface area (Å²) in [5, 5.41) is 20.5. The first-order valence-electron chi connectivity index (χ1n) is 5.52. The Bertz CT molecular complexity index is 664. The van der Waals surface area contributed by atoms with Gasteiger partial charge in [0.25, 0.3) is 0 Å². The summed E-state index contributed by atoms with van der Waals surface area (Å²) in [4.78, 5) is 13.3. The van der Waals surface area contributed by atoms with Crippen LogP contribution in [0.2, 0.25) is 0 Å². The van der Waals surface area contributed by atoms with Gasteiger partial charge in [-0.2, -0.15) is 0 Å². The maximum absolute atomic E-state index is 13.8. The number of rotatable bonds is 4. The maximum Gasteiger partial charge on any atom is 0.303 e. The normalized spacial score (nSPS) is 11.9. The number of amidine groups is 1. The van der Waals surface area contributed by atoms with Gasteiger partial charge in [0.05, 0.1) is 11.9 Å². The van der Waals surface area contributed by atoms with Gasteiger partial charge in [-0.15, -0.1) is 0 Å². The number of benzene rings is 1. The Balaban J connectivity index is 2.42. The van der Waals surface area contributed by atoms with Crippen molar-refractivity contribution in [2.24, 2.45) is 10.9 Å². The minimum Gasteiger partial charge on any atom is -0.481 e. The summed E-state index contributed by atoms with van der Waals surface area (Å²) in [5.74, 6) is -1.65. The molecule has 1 heterocycles. The number of oxime groups is 1. The predicted molar refractivity (Wildman–Crippen MR) is 66.7 cm³/mol. The van der Waals surface area contributed by atoms with Crippen LogP contribution in [0, 0.1) is 5.82 Å². The van der Waals surface area contributed by atoms with Gasteiger partial charge < -0.3 is 21.0 Å². The molecule has 100 valence electrons. The van der Waals surface area contributed by atoms with Crippen molar-refractivity contribution in [3.8, 4) is 0 Å². The van der Waals surface area contributed by atoms with Gasteiger partial charge >= 0.3 is 5.97 Å². The molecule has 0 amide bonds. The number of nitrogens with zero attached hydrogens (tertiary/aromatic N) is 1. The fourth-order valence-electron chi connectivity index (χ4n) is 1.84. The molecule has 2 rings (SSSR count). The van der Waals surface area contributed by atoms with E-state index in [2.05, 4.69) is 10.1 Å². The Kier molecular flexibility index (Phi) is 3.37. The number of hydrogen-bond donors (Lipinski definition) is 4. The topological polar surface area (TPSA) is 112 Å². The largest absolute Gasteiger partial charge is 0.481 e. The number of aliphatic carboxylic acids is 1. The van der Waals surface area contributed by atoms with E-state index in [-0.39, 0.29) is 29.8 Å². The van der Waals surface area contributed by atoms with Gasteiger partial charge in [-0.3, -0.25) is 4.79 Å². The molecule has 0 aliphatic carbocycles. The molecule has 6 nitrogen and oxygen atoms in total. The van der Waals surface area contributed by atoms with Crippen molar-refractivity contribution in [2.45, 2.75) is 12.8 Å². The van der Waals surface area contributed by atoms with Gasteiger partial charge in [0, 0.05) is 16.6 Å². The molecule has 2 aromatic rings. The van der Waals surface area contributed by atoms with Gasteiger partial charge in [0.15, 0.2) is 5.84 Å². The number of halogens is 1. The standard InChI is InChI=1S/C12H12FN3O3/c13-9-5-7(12(14)16-19)3-6-4-8(15-11(6)9)1-2-10(17)18/h3-5,15,19H,1-2H2,(H2,14,16)(H,17,18). The van der Waals surface area contributed by atoms with Crippen LogP contribution in [-0.4, -0.2) is 27.1 Å². The maximum atomic E-state index is 13.8. The molecule has 0 spiro atoms. The molecule has 0 bridgehead atoms. The summed E-state index contributed by atoms with van der Waals surface area (Å²) in [6, 6.07) is 4.36. The molecule has 0 saturated heterocycles. The average molecular weight is 265 g/mol. The summed E-state index contributed by atoms with van der Waals surface area (Å²) in [7, 11) is 0. The van der Waals surface area contributed by atoms with E-state index in [1.54, 1.807) is 12.1 Å². The monoisotopic (exact) mass is 265 g/mol. The molecule has 5 N–H and O–H groups in total. The van der Waals surface area contributed by atoms with Crippen LogP contribution < -0.4 is 5.73 Å². The van der Waals surface area contributed by atoms with Crippen LogP contribution in [0.25, 0.3) is 10.9 Å². The van der Waals surface area contributed by atoms with Gasteiger partial charge in [0.1, 0.15) is 5.82 Å². The second-order valence-electron chi connectivity index (χ2n) is 4.10. The van der Waals surface area contributed by atoms with E-state index >= 15 is 0 Å². The zero-order chi connectivity index (χ0) is 14.0. The molecular weight excluding hydrogens is 253 g/mol. The van der Waals surface area contributed by atoms with Crippen LogP contribution in [0.1, 0.15) is 17.7 Å². The third-order valence-electron chi connectivity index (χ3n) is 2.75. The molecule has 0 aliphatic rings. The van der Waals surface area contributed by atoms with E-state index in [1.165, 1.54) is 0 Å². The average Bonchev–Trinajstić information content (AvgIpc) is 2.79. The van der Waals surface area contributed by atoms with Crippen LogP contribution in [0.3, 0.4) is 0 Å². The van der Waals surface area contributed by atoms with Crippen LogP contribution in [0.5, 0.6) is 0 Å². The second kappa shape index (κ2) is 4.97. The number of aromatic nitrogens is 1. The van der Waals surface area contributed by atoms with E-state index in [0.717, 1.165) is 6.07 Å². The minimum absolute atomic E-state index is 0.0401. The zero-order valence-corrected chi connectivity index (χ0v) is 9.85. The molecule has 0 aliphatic heterocycles. The lowest BCUT2D eigenvalue weighted by atomic mass is 10.1. The molecule has 0 saturated carbocycles. The first kappa shape index (κ1) is 12.9. The smallest absolute Gasteiger partial charge is 0.303 e. The number of nitrogens with two attached hydrogens (primary N) is 1. The summed E-state index contributed by atoms with van der Waals surface area (Å²) >= 11 is 0. The molecule has 0 radical (unpaired) electrons. The fourth-order valence-corrected chi connectivity index (χ4v) is 1.84. The van der Waals surface area contributed by atoms with Crippen LogP contribution in [-0.2, 0) is 11.2 Å². The van der Waals surface area contributed by atoms with Crippen molar-refractivity contribution in [1.82, 2.24) is 4.98 Å². The van der Waals surface area contributed by atoms with E-state index in [9.17, 15) is 9.18 Å². The highest BCUT2D eigenvalue weighted by molar-refractivity contribution is 6.00. The summed E-state index contributed by atoms with van der Waals surface area (Å²) in [6.45, 7) is 0. The van der Waals surface area contributed by atoms with E-state index in [1.807, 2.05) is 0 Å². The first-order valence-corrected chi connectivity index (χ1v) is 5.52. The molecule has 0 atom stereocenters. The molecule has 0 fully saturated rings. The molecular formula is C12H12FN3O3. The Hall–Kier alpha value is -2.57. The first-order chi connectivity index (χ1) is 9.01. The minimum atomic E-state index is -0.920. The summed E-state index contributed by atoms with van der Waals surface area (Å²) in [6.07, 6.45) is 0.240. The zero-order valence-electron chi connectivity index (χ0n) is 9.85. The molecule has 19 heavy (non-hydrogen) atoms. The quantitative estimate of drug-likeness (QED) is 0.290. The van der Waals surface area contributed by atoms with Gasteiger partial charge in [-0.1, -0.05) is 5.16 Å². The number of nitrogens with one attached hydrogen (secondary N) is 1. The van der Waals surface area contributed by atoms with Crippen molar-refractivity contribution in [3.63, 3.8) is 0 Å². The lowest BCUT2D eigenvalue weighted by Crippen LogP contribution is -2.13. The van der Waals surface area contributed by atoms with E-state index in [4.69, 9.17) is 16.0 Å². The molecule has 0 unspecified atom stereocenters. The van der Waals surface area contributed by atoms with Crippen molar-refractivity contribution < 1.29 is 19.5 Å². The Labute approximate surface area is 107 Å². The number of fused-ring (bicyclic) bond motifs is 1. The highest BCUT2D eigenvalue weighted by Crippen LogP contribution is 2.21. The number of H-pyrrole nitrogens is 1. The van der Waals surface area contributed by atoms with E-state index < -0.39 is 11.8 Å². The third kappa shape index (κ3) is 2.65. The number of aryl methyl sites for hydroxylation is 1.